The van der Waals surface area contributed by atoms with Crippen molar-refractivity contribution < 1.29 is 0 Å². The molecule has 0 aliphatic carbocycles. The molecule has 1 aliphatic heterocycles. The van der Waals surface area contributed by atoms with Gasteiger partial charge in [-0.05, 0) is 38.3 Å². The van der Waals surface area contributed by atoms with Gasteiger partial charge in [0, 0.05) is 44.8 Å². The number of hydrogen-bond donors (Lipinski definition) is 1. The van der Waals surface area contributed by atoms with E-state index in [1.54, 1.807) is 0 Å². The predicted octanol–water partition coefficient (Wildman–Crippen LogP) is 2.95. The van der Waals surface area contributed by atoms with Crippen molar-refractivity contribution >= 4 is 5.96 Å². The summed E-state index contributed by atoms with van der Waals surface area (Å²) < 4.78 is 2.08. The van der Waals surface area contributed by atoms with Crippen LogP contribution in [-0.2, 0) is 6.54 Å². The van der Waals surface area contributed by atoms with Crippen molar-refractivity contribution in [2.24, 2.45) is 4.99 Å². The Balaban J connectivity index is 1.46. The number of benzene rings is 1. The molecule has 1 unspecified atom stereocenters. The first-order valence-corrected chi connectivity index (χ1v) is 9.19. The van der Waals surface area contributed by atoms with Crippen molar-refractivity contribution in [3.8, 4) is 0 Å². The zero-order chi connectivity index (χ0) is 17.6. The zero-order valence-corrected chi connectivity index (χ0v) is 15.6. The molecule has 0 spiro atoms. The van der Waals surface area contributed by atoms with E-state index in [1.807, 2.05) is 14.0 Å². The summed E-state index contributed by atoms with van der Waals surface area (Å²) >= 11 is 0. The number of aryl methyl sites for hydroxylation is 3. The number of likely N-dealkylation sites (tertiary alicyclic amines) is 1. The highest BCUT2D eigenvalue weighted by molar-refractivity contribution is 5.80. The van der Waals surface area contributed by atoms with E-state index in [9.17, 15) is 0 Å². The third kappa shape index (κ3) is 4.41. The third-order valence-corrected chi connectivity index (χ3v) is 4.90. The second kappa shape index (κ2) is 8.19. The van der Waals surface area contributed by atoms with Gasteiger partial charge in [0.2, 0.25) is 0 Å². The summed E-state index contributed by atoms with van der Waals surface area (Å²) in [6, 6.07) is 12.9. The standard InChI is InChI=1S/C20H29N5/c1-16-14-17(2)25(23-16)12-7-11-22-20(21-3)24-13-10-19(15-24)18-8-5-4-6-9-18/h4-6,8-9,14,19H,7,10-13,15H2,1-3H3,(H,21,22). The lowest BCUT2D eigenvalue weighted by Crippen LogP contribution is -2.40. The molecule has 1 aliphatic rings. The summed E-state index contributed by atoms with van der Waals surface area (Å²) in [6.45, 7) is 8.12. The molecule has 5 nitrogen and oxygen atoms in total. The summed E-state index contributed by atoms with van der Waals surface area (Å²) in [7, 11) is 1.87. The van der Waals surface area contributed by atoms with Crippen LogP contribution in [0.25, 0.3) is 0 Å². The number of aromatic nitrogens is 2. The summed E-state index contributed by atoms with van der Waals surface area (Å²) in [6.07, 6.45) is 2.23. The number of rotatable bonds is 5. The van der Waals surface area contributed by atoms with Crippen LogP contribution in [0.2, 0.25) is 0 Å². The Bertz CT molecular complexity index is 704. The smallest absolute Gasteiger partial charge is 0.193 e. The highest BCUT2D eigenvalue weighted by Crippen LogP contribution is 2.26. The first kappa shape index (κ1) is 17.5. The molecular formula is C20H29N5. The van der Waals surface area contributed by atoms with E-state index >= 15 is 0 Å². The van der Waals surface area contributed by atoms with Crippen LogP contribution >= 0.6 is 0 Å². The van der Waals surface area contributed by atoms with Crippen LogP contribution in [-0.4, -0.2) is 47.3 Å². The molecule has 25 heavy (non-hydrogen) atoms. The van der Waals surface area contributed by atoms with E-state index in [-0.39, 0.29) is 0 Å². The first-order valence-electron chi connectivity index (χ1n) is 9.19. The average Bonchev–Trinajstić information content (AvgIpc) is 3.22. The molecule has 1 aromatic heterocycles. The maximum Gasteiger partial charge on any atom is 0.193 e. The predicted molar refractivity (Wildman–Crippen MR) is 103 cm³/mol. The molecule has 2 heterocycles. The molecule has 5 heteroatoms. The van der Waals surface area contributed by atoms with Crippen LogP contribution < -0.4 is 5.32 Å². The quantitative estimate of drug-likeness (QED) is 0.517. The third-order valence-electron chi connectivity index (χ3n) is 4.90. The second-order valence-corrected chi connectivity index (χ2v) is 6.82. The second-order valence-electron chi connectivity index (χ2n) is 6.82. The van der Waals surface area contributed by atoms with Gasteiger partial charge >= 0.3 is 0 Å². The van der Waals surface area contributed by atoms with Gasteiger partial charge in [-0.1, -0.05) is 30.3 Å². The molecule has 1 saturated heterocycles. The lowest BCUT2D eigenvalue weighted by atomic mass is 9.99. The number of nitrogens with one attached hydrogen (secondary N) is 1. The fourth-order valence-electron chi connectivity index (χ4n) is 3.61. The topological polar surface area (TPSA) is 45.5 Å². The van der Waals surface area contributed by atoms with Crippen LogP contribution in [0.3, 0.4) is 0 Å². The average molecular weight is 339 g/mol. The van der Waals surface area contributed by atoms with E-state index in [1.165, 1.54) is 17.7 Å². The van der Waals surface area contributed by atoms with Gasteiger partial charge in [-0.25, -0.2) is 0 Å². The highest BCUT2D eigenvalue weighted by atomic mass is 15.3. The summed E-state index contributed by atoms with van der Waals surface area (Å²) in [4.78, 5) is 6.85. The molecule has 0 radical (unpaired) electrons. The Kier molecular flexibility index (Phi) is 5.74. The van der Waals surface area contributed by atoms with Crippen molar-refractivity contribution in [3.05, 3.63) is 53.3 Å². The maximum atomic E-state index is 4.52. The van der Waals surface area contributed by atoms with Gasteiger partial charge in [-0.3, -0.25) is 9.67 Å². The van der Waals surface area contributed by atoms with Crippen LogP contribution in [0.15, 0.2) is 41.4 Å². The zero-order valence-electron chi connectivity index (χ0n) is 15.6. The minimum atomic E-state index is 0.606. The normalized spacial score (nSPS) is 18.0. The monoisotopic (exact) mass is 339 g/mol. The first-order chi connectivity index (χ1) is 12.2. The van der Waals surface area contributed by atoms with Gasteiger partial charge in [-0.2, -0.15) is 5.10 Å². The molecule has 1 aromatic carbocycles. The fraction of sp³-hybridized carbons (Fsp3) is 0.500. The Hall–Kier alpha value is -2.30. The van der Waals surface area contributed by atoms with E-state index in [2.05, 4.69) is 68.3 Å². The Labute approximate surface area is 150 Å². The van der Waals surface area contributed by atoms with Crippen molar-refractivity contribution in [3.63, 3.8) is 0 Å². The molecule has 0 saturated carbocycles. The summed E-state index contributed by atoms with van der Waals surface area (Å²) in [5.74, 6) is 1.63. The molecule has 1 atom stereocenters. The van der Waals surface area contributed by atoms with Crippen LogP contribution in [0.5, 0.6) is 0 Å². The minimum Gasteiger partial charge on any atom is -0.356 e. The lowest BCUT2D eigenvalue weighted by Gasteiger charge is -2.22. The van der Waals surface area contributed by atoms with Gasteiger partial charge in [0.25, 0.3) is 0 Å². The van der Waals surface area contributed by atoms with E-state index in [4.69, 9.17) is 0 Å². The molecule has 0 bridgehead atoms. The van der Waals surface area contributed by atoms with Crippen LogP contribution in [0.4, 0.5) is 0 Å². The number of aliphatic imine (C=N–C) groups is 1. The molecule has 2 aromatic rings. The van der Waals surface area contributed by atoms with Crippen molar-refractivity contribution in [2.45, 2.75) is 39.2 Å². The van der Waals surface area contributed by atoms with Crippen LogP contribution in [0, 0.1) is 13.8 Å². The van der Waals surface area contributed by atoms with Crippen LogP contribution in [0.1, 0.15) is 35.7 Å². The highest BCUT2D eigenvalue weighted by Gasteiger charge is 2.25. The molecule has 1 fully saturated rings. The molecular weight excluding hydrogens is 310 g/mol. The Morgan fingerprint density at radius 3 is 2.76 bits per heavy atom. The van der Waals surface area contributed by atoms with Crippen molar-refractivity contribution in [2.75, 3.05) is 26.7 Å². The maximum absolute atomic E-state index is 4.52. The molecule has 3 rings (SSSR count). The van der Waals surface area contributed by atoms with Gasteiger partial charge < -0.3 is 10.2 Å². The van der Waals surface area contributed by atoms with Gasteiger partial charge in [0.1, 0.15) is 0 Å². The SMILES string of the molecule is CN=C(NCCCn1nc(C)cc1C)N1CCC(c2ccccc2)C1. The molecule has 0 amide bonds. The number of hydrogen-bond acceptors (Lipinski definition) is 2. The summed E-state index contributed by atoms with van der Waals surface area (Å²) in [5, 5.41) is 8.03. The minimum absolute atomic E-state index is 0.606. The van der Waals surface area contributed by atoms with Crippen molar-refractivity contribution in [1.29, 1.82) is 0 Å². The van der Waals surface area contributed by atoms with E-state index < -0.39 is 0 Å². The summed E-state index contributed by atoms with van der Waals surface area (Å²) in [5.41, 5.74) is 3.75. The Morgan fingerprint density at radius 1 is 1.28 bits per heavy atom. The molecule has 134 valence electrons. The van der Waals surface area contributed by atoms with Crippen molar-refractivity contribution in [1.82, 2.24) is 20.0 Å². The Morgan fingerprint density at radius 2 is 2.08 bits per heavy atom. The van der Waals surface area contributed by atoms with E-state index in [0.29, 0.717) is 5.92 Å². The number of nitrogens with zero attached hydrogens (tertiary/aromatic N) is 4. The fourth-order valence-corrected chi connectivity index (χ4v) is 3.61. The van der Waals surface area contributed by atoms with Gasteiger partial charge in [-0.15, -0.1) is 0 Å². The largest absolute Gasteiger partial charge is 0.356 e. The van der Waals surface area contributed by atoms with E-state index in [0.717, 1.165) is 44.3 Å². The number of guanidine groups is 1. The van der Waals surface area contributed by atoms with Gasteiger partial charge in [0.15, 0.2) is 5.96 Å². The molecule has 1 N–H and O–H groups in total. The van der Waals surface area contributed by atoms with Gasteiger partial charge in [0.05, 0.1) is 5.69 Å². The lowest BCUT2D eigenvalue weighted by molar-refractivity contribution is 0.478.